The maximum absolute atomic E-state index is 12.7. The van der Waals surface area contributed by atoms with Crippen molar-refractivity contribution in [3.05, 3.63) is 83.9 Å². The number of hydrogen-bond donors (Lipinski definition) is 2. The van der Waals surface area contributed by atoms with Crippen molar-refractivity contribution in [1.82, 2.24) is 4.90 Å². The molecule has 0 atom stereocenters. The number of anilines is 2. The van der Waals surface area contributed by atoms with Crippen LogP contribution in [0.15, 0.2) is 77.7 Å². The normalized spacial score (nSPS) is 13.5. The average molecular weight is 494 g/mol. The van der Waals surface area contributed by atoms with E-state index in [9.17, 15) is 18.0 Å². The van der Waals surface area contributed by atoms with Gasteiger partial charge in [0.05, 0.1) is 11.5 Å². The van der Waals surface area contributed by atoms with Crippen molar-refractivity contribution < 1.29 is 22.7 Å². The van der Waals surface area contributed by atoms with E-state index in [0.717, 1.165) is 18.5 Å². The monoisotopic (exact) mass is 493 g/mol. The second-order valence-corrected chi connectivity index (χ2v) is 9.84. The Kier molecular flexibility index (Phi) is 7.36. The molecular formula is C26H27N3O5S. The number of amides is 2. The highest BCUT2D eigenvalue weighted by Gasteiger charge is 2.20. The molecule has 1 aliphatic rings. The molecule has 182 valence electrons. The van der Waals surface area contributed by atoms with E-state index in [0.29, 0.717) is 42.3 Å². The van der Waals surface area contributed by atoms with E-state index in [1.165, 1.54) is 24.3 Å². The third-order valence-corrected chi connectivity index (χ3v) is 7.00. The molecule has 0 unspecified atom stereocenters. The van der Waals surface area contributed by atoms with Crippen LogP contribution in [0.4, 0.5) is 11.4 Å². The van der Waals surface area contributed by atoms with Gasteiger partial charge in [0.1, 0.15) is 5.75 Å². The number of carbonyl (C=O) groups excluding carboxylic acids is 2. The largest absolute Gasteiger partial charge is 0.494 e. The van der Waals surface area contributed by atoms with Crippen molar-refractivity contribution in [2.24, 2.45) is 0 Å². The summed E-state index contributed by atoms with van der Waals surface area (Å²) in [6, 6.07) is 19.7. The number of nitrogens with one attached hydrogen (secondary N) is 2. The van der Waals surface area contributed by atoms with Gasteiger partial charge in [-0.2, -0.15) is 0 Å². The summed E-state index contributed by atoms with van der Waals surface area (Å²) in [7, 11) is -3.79. The Morgan fingerprint density at radius 1 is 0.943 bits per heavy atom. The number of sulfonamides is 1. The number of ether oxygens (including phenoxy) is 1. The molecule has 2 N–H and O–H groups in total. The van der Waals surface area contributed by atoms with Gasteiger partial charge in [0.2, 0.25) is 5.91 Å². The summed E-state index contributed by atoms with van der Waals surface area (Å²) in [6.07, 6.45) is 1.48. The van der Waals surface area contributed by atoms with Gasteiger partial charge in [0, 0.05) is 36.4 Å². The predicted molar refractivity (Wildman–Crippen MR) is 134 cm³/mol. The van der Waals surface area contributed by atoms with Crippen LogP contribution in [0.1, 0.15) is 35.7 Å². The predicted octanol–water partition coefficient (Wildman–Crippen LogP) is 4.26. The molecule has 0 aromatic heterocycles. The third kappa shape index (κ3) is 6.19. The molecule has 0 aliphatic carbocycles. The standard InChI is InChI=1S/C26H27N3O5S/c1-2-34-23-13-9-22(10-14-23)28-35(32,33)24-15-11-21(12-16-24)27-26(31)20-7-5-19(6-8-20)18-29-17-3-4-25(29)30/h5-16,28H,2-4,17-18H2,1H3,(H,27,31). The number of rotatable bonds is 9. The highest BCUT2D eigenvalue weighted by atomic mass is 32.2. The molecule has 1 heterocycles. The fourth-order valence-corrected chi connectivity index (χ4v) is 4.83. The lowest BCUT2D eigenvalue weighted by Crippen LogP contribution is -2.23. The maximum Gasteiger partial charge on any atom is 0.261 e. The number of benzene rings is 3. The first-order valence-corrected chi connectivity index (χ1v) is 12.9. The zero-order valence-electron chi connectivity index (χ0n) is 19.4. The number of hydrogen-bond acceptors (Lipinski definition) is 5. The van der Waals surface area contributed by atoms with E-state index in [1.54, 1.807) is 36.4 Å². The molecule has 3 aromatic rings. The van der Waals surface area contributed by atoms with Crippen molar-refractivity contribution in [2.45, 2.75) is 31.2 Å². The molecule has 3 aromatic carbocycles. The lowest BCUT2D eigenvalue weighted by Gasteiger charge is -2.15. The van der Waals surface area contributed by atoms with E-state index >= 15 is 0 Å². The van der Waals surface area contributed by atoms with Gasteiger partial charge in [-0.05, 0) is 79.6 Å². The first kappa shape index (κ1) is 24.3. The Balaban J connectivity index is 1.35. The van der Waals surface area contributed by atoms with Crippen molar-refractivity contribution in [3.8, 4) is 5.75 Å². The molecule has 4 rings (SSSR count). The number of carbonyl (C=O) groups is 2. The zero-order chi connectivity index (χ0) is 24.8. The lowest BCUT2D eigenvalue weighted by atomic mass is 10.1. The second-order valence-electron chi connectivity index (χ2n) is 8.16. The van der Waals surface area contributed by atoms with Crippen molar-refractivity contribution in [2.75, 3.05) is 23.2 Å². The summed E-state index contributed by atoms with van der Waals surface area (Å²) in [6.45, 7) is 3.71. The van der Waals surface area contributed by atoms with Crippen LogP contribution in [0.3, 0.4) is 0 Å². The van der Waals surface area contributed by atoms with Gasteiger partial charge in [-0.1, -0.05) is 12.1 Å². The Morgan fingerprint density at radius 2 is 1.60 bits per heavy atom. The molecule has 0 radical (unpaired) electrons. The molecule has 0 spiro atoms. The van der Waals surface area contributed by atoms with Crippen LogP contribution in [-0.4, -0.2) is 38.3 Å². The van der Waals surface area contributed by atoms with Gasteiger partial charge in [-0.3, -0.25) is 14.3 Å². The van der Waals surface area contributed by atoms with Crippen LogP contribution >= 0.6 is 0 Å². The van der Waals surface area contributed by atoms with Gasteiger partial charge in [-0.15, -0.1) is 0 Å². The molecule has 2 amide bonds. The Morgan fingerprint density at radius 3 is 2.20 bits per heavy atom. The molecule has 1 aliphatic heterocycles. The summed E-state index contributed by atoms with van der Waals surface area (Å²) >= 11 is 0. The number of nitrogens with zero attached hydrogens (tertiary/aromatic N) is 1. The van der Waals surface area contributed by atoms with Gasteiger partial charge < -0.3 is 15.0 Å². The first-order valence-electron chi connectivity index (χ1n) is 11.4. The van der Waals surface area contributed by atoms with Crippen LogP contribution in [-0.2, 0) is 21.4 Å². The minimum Gasteiger partial charge on any atom is -0.494 e. The molecule has 35 heavy (non-hydrogen) atoms. The molecule has 1 fully saturated rings. The molecular weight excluding hydrogens is 466 g/mol. The number of likely N-dealkylation sites (tertiary alicyclic amines) is 1. The fraction of sp³-hybridized carbons (Fsp3) is 0.231. The van der Waals surface area contributed by atoms with Crippen LogP contribution < -0.4 is 14.8 Å². The van der Waals surface area contributed by atoms with E-state index < -0.39 is 10.0 Å². The van der Waals surface area contributed by atoms with Gasteiger partial charge in [0.25, 0.3) is 15.9 Å². The van der Waals surface area contributed by atoms with Crippen LogP contribution in [0.5, 0.6) is 5.75 Å². The van der Waals surface area contributed by atoms with Gasteiger partial charge >= 0.3 is 0 Å². The van der Waals surface area contributed by atoms with E-state index in [-0.39, 0.29) is 16.7 Å². The van der Waals surface area contributed by atoms with Crippen LogP contribution in [0.25, 0.3) is 0 Å². The topological polar surface area (TPSA) is 105 Å². The second kappa shape index (κ2) is 10.6. The van der Waals surface area contributed by atoms with Crippen molar-refractivity contribution in [3.63, 3.8) is 0 Å². The summed E-state index contributed by atoms with van der Waals surface area (Å²) in [4.78, 5) is 26.3. The highest BCUT2D eigenvalue weighted by molar-refractivity contribution is 7.92. The molecule has 1 saturated heterocycles. The summed E-state index contributed by atoms with van der Waals surface area (Å²) in [5.41, 5.74) is 2.33. The van der Waals surface area contributed by atoms with Crippen molar-refractivity contribution in [1.29, 1.82) is 0 Å². The molecule has 0 bridgehead atoms. The van der Waals surface area contributed by atoms with Crippen LogP contribution in [0.2, 0.25) is 0 Å². The van der Waals surface area contributed by atoms with Crippen molar-refractivity contribution >= 4 is 33.2 Å². The summed E-state index contributed by atoms with van der Waals surface area (Å²) < 4.78 is 33.3. The quantitative estimate of drug-likeness (QED) is 0.463. The lowest BCUT2D eigenvalue weighted by molar-refractivity contribution is -0.128. The van der Waals surface area contributed by atoms with E-state index in [4.69, 9.17) is 4.74 Å². The summed E-state index contributed by atoms with van der Waals surface area (Å²) in [5.74, 6) is 0.510. The molecule has 0 saturated carbocycles. The van der Waals surface area contributed by atoms with E-state index in [1.807, 2.05) is 24.0 Å². The van der Waals surface area contributed by atoms with E-state index in [2.05, 4.69) is 10.0 Å². The average Bonchev–Trinajstić information content (AvgIpc) is 3.25. The highest BCUT2D eigenvalue weighted by Crippen LogP contribution is 2.21. The van der Waals surface area contributed by atoms with Gasteiger partial charge in [-0.25, -0.2) is 8.42 Å². The van der Waals surface area contributed by atoms with Gasteiger partial charge in [0.15, 0.2) is 0 Å². The molecule has 9 heteroatoms. The Bertz CT molecular complexity index is 1290. The smallest absolute Gasteiger partial charge is 0.261 e. The summed E-state index contributed by atoms with van der Waals surface area (Å²) in [5, 5.41) is 2.77. The maximum atomic E-state index is 12.7. The van der Waals surface area contributed by atoms with Crippen LogP contribution in [0, 0.1) is 0 Å². The Hall–Kier alpha value is -3.85. The molecule has 8 nitrogen and oxygen atoms in total. The Labute approximate surface area is 205 Å². The minimum absolute atomic E-state index is 0.0743. The SMILES string of the molecule is CCOc1ccc(NS(=O)(=O)c2ccc(NC(=O)c3ccc(CN4CCCC4=O)cc3)cc2)cc1. The minimum atomic E-state index is -3.79. The zero-order valence-corrected chi connectivity index (χ0v) is 20.2. The first-order chi connectivity index (χ1) is 16.8. The fourth-order valence-electron chi connectivity index (χ4n) is 3.77. The third-order valence-electron chi connectivity index (χ3n) is 5.60.